The third-order valence-corrected chi connectivity index (χ3v) is 3.83. The number of likely N-dealkylation sites (tertiary alicyclic amines) is 1. The van der Waals surface area contributed by atoms with E-state index in [-0.39, 0.29) is 5.91 Å². The minimum atomic E-state index is 0.0940. The molecular formula is C14H19BrN2O. The lowest BCUT2D eigenvalue weighted by atomic mass is 10.0. The molecule has 98 valence electrons. The fourth-order valence-corrected chi connectivity index (χ4v) is 2.51. The molecular weight excluding hydrogens is 292 g/mol. The van der Waals surface area contributed by atoms with Crippen molar-refractivity contribution < 1.29 is 4.79 Å². The second-order valence-corrected chi connectivity index (χ2v) is 5.30. The van der Waals surface area contributed by atoms with Crippen molar-refractivity contribution in [2.24, 2.45) is 0 Å². The van der Waals surface area contributed by atoms with Crippen LogP contribution in [0.25, 0.3) is 0 Å². The quantitative estimate of drug-likeness (QED) is 0.864. The minimum absolute atomic E-state index is 0.0940. The Balaban J connectivity index is 1.75. The van der Waals surface area contributed by atoms with E-state index < -0.39 is 0 Å². The van der Waals surface area contributed by atoms with E-state index in [0.29, 0.717) is 11.4 Å². The van der Waals surface area contributed by atoms with Crippen molar-refractivity contribution in [3.63, 3.8) is 0 Å². The number of halogens is 1. The summed E-state index contributed by atoms with van der Waals surface area (Å²) in [5.41, 5.74) is 1.36. The molecule has 1 aliphatic heterocycles. The zero-order valence-electron chi connectivity index (χ0n) is 10.4. The van der Waals surface area contributed by atoms with Gasteiger partial charge in [0.2, 0.25) is 5.91 Å². The van der Waals surface area contributed by atoms with Gasteiger partial charge in [-0.05, 0) is 18.4 Å². The van der Waals surface area contributed by atoms with Gasteiger partial charge in [0.05, 0.1) is 5.33 Å². The maximum atomic E-state index is 11.3. The highest BCUT2D eigenvalue weighted by molar-refractivity contribution is 9.09. The van der Waals surface area contributed by atoms with Crippen molar-refractivity contribution in [3.8, 4) is 0 Å². The Hall–Kier alpha value is -0.870. The fraction of sp³-hybridized carbons (Fsp3) is 0.500. The molecule has 0 spiro atoms. The number of rotatable bonds is 4. The molecule has 1 fully saturated rings. The zero-order chi connectivity index (χ0) is 12.8. The van der Waals surface area contributed by atoms with Crippen LogP contribution >= 0.6 is 15.9 Å². The van der Waals surface area contributed by atoms with Gasteiger partial charge in [-0.25, -0.2) is 0 Å². The van der Waals surface area contributed by atoms with E-state index in [2.05, 4.69) is 50.4 Å². The van der Waals surface area contributed by atoms with E-state index in [1.807, 2.05) is 6.07 Å². The summed E-state index contributed by atoms with van der Waals surface area (Å²) in [4.78, 5) is 13.7. The van der Waals surface area contributed by atoms with Crippen LogP contribution in [0.2, 0.25) is 0 Å². The number of nitrogens with zero attached hydrogens (tertiary/aromatic N) is 1. The number of carbonyl (C=O) groups excluding carboxylic acids is 1. The van der Waals surface area contributed by atoms with E-state index >= 15 is 0 Å². The van der Waals surface area contributed by atoms with Gasteiger partial charge in [-0.15, -0.1) is 0 Å². The van der Waals surface area contributed by atoms with E-state index in [0.717, 1.165) is 32.5 Å². The van der Waals surface area contributed by atoms with Gasteiger partial charge in [-0.2, -0.15) is 0 Å². The molecule has 1 aromatic carbocycles. The summed E-state index contributed by atoms with van der Waals surface area (Å²) in [6, 6.07) is 10.9. The monoisotopic (exact) mass is 310 g/mol. The SMILES string of the molecule is O=C(CBr)NC1CCN(Cc2ccccc2)CC1. The highest BCUT2D eigenvalue weighted by Crippen LogP contribution is 2.13. The number of carbonyl (C=O) groups is 1. The Morgan fingerprint density at radius 3 is 2.56 bits per heavy atom. The average Bonchev–Trinajstić information content (AvgIpc) is 2.42. The van der Waals surface area contributed by atoms with Crippen LogP contribution in [-0.2, 0) is 11.3 Å². The first kappa shape index (κ1) is 13.6. The van der Waals surface area contributed by atoms with Crippen molar-refractivity contribution in [2.75, 3.05) is 18.4 Å². The third-order valence-electron chi connectivity index (χ3n) is 3.32. The van der Waals surface area contributed by atoms with Crippen molar-refractivity contribution in [2.45, 2.75) is 25.4 Å². The zero-order valence-corrected chi connectivity index (χ0v) is 12.0. The summed E-state index contributed by atoms with van der Waals surface area (Å²) in [5, 5.41) is 3.44. The molecule has 1 heterocycles. The van der Waals surface area contributed by atoms with Crippen LogP contribution < -0.4 is 5.32 Å². The molecule has 0 radical (unpaired) electrons. The van der Waals surface area contributed by atoms with Gasteiger partial charge in [0.15, 0.2) is 0 Å². The Morgan fingerprint density at radius 1 is 1.28 bits per heavy atom. The standard InChI is InChI=1S/C14H19BrN2O/c15-10-14(18)16-13-6-8-17(9-7-13)11-12-4-2-1-3-5-12/h1-5,13H,6-11H2,(H,16,18). The summed E-state index contributed by atoms with van der Waals surface area (Å²) in [7, 11) is 0. The van der Waals surface area contributed by atoms with Crippen LogP contribution in [0.5, 0.6) is 0 Å². The summed E-state index contributed by atoms with van der Waals surface area (Å²) in [5.74, 6) is 0.0940. The lowest BCUT2D eigenvalue weighted by molar-refractivity contribution is -0.119. The summed E-state index contributed by atoms with van der Waals surface area (Å²) >= 11 is 3.18. The van der Waals surface area contributed by atoms with Crippen LogP contribution in [0.15, 0.2) is 30.3 Å². The van der Waals surface area contributed by atoms with E-state index in [1.165, 1.54) is 5.56 Å². The predicted molar refractivity (Wildman–Crippen MR) is 76.7 cm³/mol. The molecule has 3 nitrogen and oxygen atoms in total. The molecule has 1 amide bonds. The van der Waals surface area contributed by atoms with Crippen LogP contribution in [0.1, 0.15) is 18.4 Å². The lowest BCUT2D eigenvalue weighted by Crippen LogP contribution is -2.44. The van der Waals surface area contributed by atoms with Gasteiger partial charge in [0.25, 0.3) is 0 Å². The van der Waals surface area contributed by atoms with E-state index in [4.69, 9.17) is 0 Å². The second kappa shape index (κ2) is 6.90. The van der Waals surface area contributed by atoms with Gasteiger partial charge in [0, 0.05) is 25.7 Å². The highest BCUT2D eigenvalue weighted by Gasteiger charge is 2.20. The second-order valence-electron chi connectivity index (χ2n) is 4.74. The molecule has 18 heavy (non-hydrogen) atoms. The number of piperidine rings is 1. The number of hydrogen-bond donors (Lipinski definition) is 1. The fourth-order valence-electron chi connectivity index (χ4n) is 2.34. The molecule has 4 heteroatoms. The summed E-state index contributed by atoms with van der Waals surface area (Å²) < 4.78 is 0. The molecule has 1 aliphatic rings. The normalized spacial score (nSPS) is 17.6. The van der Waals surface area contributed by atoms with Crippen LogP contribution in [0.3, 0.4) is 0 Å². The molecule has 0 atom stereocenters. The van der Waals surface area contributed by atoms with Crippen molar-refractivity contribution in [1.29, 1.82) is 0 Å². The van der Waals surface area contributed by atoms with Gasteiger partial charge in [-0.1, -0.05) is 46.3 Å². The Morgan fingerprint density at radius 2 is 1.94 bits per heavy atom. The lowest BCUT2D eigenvalue weighted by Gasteiger charge is -2.32. The molecule has 1 N–H and O–H groups in total. The first-order valence-electron chi connectivity index (χ1n) is 6.39. The first-order chi connectivity index (χ1) is 8.78. The van der Waals surface area contributed by atoms with Gasteiger partial charge in [0.1, 0.15) is 0 Å². The molecule has 1 aromatic rings. The minimum Gasteiger partial charge on any atom is -0.353 e. The Kier molecular flexibility index (Phi) is 5.20. The maximum Gasteiger partial charge on any atom is 0.230 e. The van der Waals surface area contributed by atoms with Crippen molar-refractivity contribution >= 4 is 21.8 Å². The molecule has 0 aromatic heterocycles. The number of nitrogens with one attached hydrogen (secondary N) is 1. The topological polar surface area (TPSA) is 32.3 Å². The van der Waals surface area contributed by atoms with Crippen molar-refractivity contribution in [1.82, 2.24) is 10.2 Å². The summed E-state index contributed by atoms with van der Waals surface area (Å²) in [6.45, 7) is 3.13. The molecule has 0 aliphatic carbocycles. The van der Waals surface area contributed by atoms with Crippen LogP contribution in [0.4, 0.5) is 0 Å². The third kappa shape index (κ3) is 4.10. The largest absolute Gasteiger partial charge is 0.353 e. The smallest absolute Gasteiger partial charge is 0.230 e. The van der Waals surface area contributed by atoms with Crippen LogP contribution in [0, 0.1) is 0 Å². The maximum absolute atomic E-state index is 11.3. The summed E-state index contributed by atoms with van der Waals surface area (Å²) in [6.07, 6.45) is 2.09. The van der Waals surface area contributed by atoms with E-state index in [1.54, 1.807) is 0 Å². The van der Waals surface area contributed by atoms with Crippen molar-refractivity contribution in [3.05, 3.63) is 35.9 Å². The van der Waals surface area contributed by atoms with E-state index in [9.17, 15) is 4.79 Å². The Bertz CT molecular complexity index is 375. The molecule has 0 bridgehead atoms. The highest BCUT2D eigenvalue weighted by atomic mass is 79.9. The predicted octanol–water partition coefficient (Wildman–Crippen LogP) is 2.16. The first-order valence-corrected chi connectivity index (χ1v) is 7.51. The Labute approximate surface area is 117 Å². The van der Waals surface area contributed by atoms with Gasteiger partial charge in [-0.3, -0.25) is 9.69 Å². The molecule has 2 rings (SSSR count). The average molecular weight is 311 g/mol. The number of benzene rings is 1. The molecule has 1 saturated heterocycles. The van der Waals surface area contributed by atoms with Crippen LogP contribution in [-0.4, -0.2) is 35.3 Å². The van der Waals surface area contributed by atoms with Gasteiger partial charge < -0.3 is 5.32 Å². The number of hydrogen-bond acceptors (Lipinski definition) is 2. The molecule has 0 unspecified atom stereocenters. The molecule has 0 saturated carbocycles. The number of alkyl halides is 1. The number of amides is 1. The van der Waals surface area contributed by atoms with Gasteiger partial charge >= 0.3 is 0 Å².